The summed E-state index contributed by atoms with van der Waals surface area (Å²) in [6.45, 7) is 1.55. The molecule has 0 bridgehead atoms. The zero-order valence-electron chi connectivity index (χ0n) is 15.7. The maximum absolute atomic E-state index is 12.7. The molecular formula is C20H19Cl3N2O4. The molecule has 1 saturated heterocycles. The molecule has 1 heterocycles. The molecule has 2 aromatic rings. The average Bonchev–Trinajstić information content (AvgIpc) is 2.74. The largest absolute Gasteiger partial charge is 0.497 e. The Balaban J connectivity index is 1.53. The van der Waals surface area contributed by atoms with Crippen LogP contribution in [0.2, 0.25) is 15.1 Å². The lowest BCUT2D eigenvalue weighted by molar-refractivity contribution is -0.134. The molecule has 3 rings (SSSR count). The van der Waals surface area contributed by atoms with Crippen LogP contribution in [-0.2, 0) is 4.79 Å². The molecule has 0 atom stereocenters. The highest BCUT2D eigenvalue weighted by atomic mass is 35.5. The van der Waals surface area contributed by atoms with Gasteiger partial charge in [-0.05, 0) is 24.3 Å². The van der Waals surface area contributed by atoms with Gasteiger partial charge in [0.15, 0.2) is 6.61 Å². The Labute approximate surface area is 183 Å². The summed E-state index contributed by atoms with van der Waals surface area (Å²) in [6, 6.07) is 9.95. The van der Waals surface area contributed by atoms with Crippen molar-refractivity contribution in [3.63, 3.8) is 0 Å². The third-order valence-electron chi connectivity index (χ3n) is 4.56. The molecule has 0 spiro atoms. The Morgan fingerprint density at radius 3 is 2.28 bits per heavy atom. The van der Waals surface area contributed by atoms with Gasteiger partial charge in [0.1, 0.15) is 11.5 Å². The smallest absolute Gasteiger partial charge is 0.260 e. The van der Waals surface area contributed by atoms with Crippen molar-refractivity contribution in [3.8, 4) is 11.5 Å². The predicted octanol–water partition coefficient (Wildman–Crippen LogP) is 4.02. The van der Waals surface area contributed by atoms with Crippen molar-refractivity contribution in [1.82, 2.24) is 9.80 Å². The van der Waals surface area contributed by atoms with Crippen molar-refractivity contribution < 1.29 is 19.1 Å². The number of methoxy groups -OCH3 is 1. The minimum Gasteiger partial charge on any atom is -0.497 e. The number of piperazine rings is 1. The molecule has 2 amide bonds. The third-order valence-corrected chi connectivity index (χ3v) is 5.58. The van der Waals surface area contributed by atoms with Crippen molar-refractivity contribution >= 4 is 46.6 Å². The van der Waals surface area contributed by atoms with E-state index in [2.05, 4.69) is 0 Å². The van der Waals surface area contributed by atoms with Crippen LogP contribution in [0.25, 0.3) is 0 Å². The van der Waals surface area contributed by atoms with Crippen molar-refractivity contribution in [2.75, 3.05) is 39.9 Å². The van der Waals surface area contributed by atoms with Crippen molar-refractivity contribution in [2.45, 2.75) is 0 Å². The maximum Gasteiger partial charge on any atom is 0.260 e. The molecule has 1 aliphatic heterocycles. The molecule has 1 aliphatic rings. The average molecular weight is 458 g/mol. The minimum atomic E-state index is -0.194. The van der Waals surface area contributed by atoms with E-state index in [9.17, 15) is 9.59 Å². The minimum absolute atomic E-state index is 0.0881. The monoisotopic (exact) mass is 456 g/mol. The Morgan fingerprint density at radius 2 is 1.59 bits per heavy atom. The highest BCUT2D eigenvalue weighted by Gasteiger charge is 2.25. The molecule has 1 fully saturated rings. The first-order valence-electron chi connectivity index (χ1n) is 8.87. The second-order valence-corrected chi connectivity index (χ2v) is 7.61. The molecular weight excluding hydrogens is 439 g/mol. The normalized spacial score (nSPS) is 13.9. The Morgan fingerprint density at radius 1 is 0.931 bits per heavy atom. The molecule has 0 aromatic heterocycles. The van der Waals surface area contributed by atoms with Crippen LogP contribution in [0, 0.1) is 0 Å². The molecule has 29 heavy (non-hydrogen) atoms. The summed E-state index contributed by atoms with van der Waals surface area (Å²) < 4.78 is 10.7. The van der Waals surface area contributed by atoms with Gasteiger partial charge in [-0.3, -0.25) is 9.59 Å². The van der Waals surface area contributed by atoms with E-state index in [0.717, 1.165) is 0 Å². The fourth-order valence-electron chi connectivity index (χ4n) is 2.94. The Bertz CT molecular complexity index is 915. The van der Waals surface area contributed by atoms with Crippen LogP contribution in [0.3, 0.4) is 0 Å². The van der Waals surface area contributed by atoms with E-state index in [1.807, 2.05) is 0 Å². The van der Waals surface area contributed by atoms with Crippen LogP contribution in [0.1, 0.15) is 10.4 Å². The molecule has 0 unspecified atom stereocenters. The third kappa shape index (κ3) is 5.26. The number of nitrogens with zero attached hydrogens (tertiary/aromatic N) is 2. The molecule has 154 valence electrons. The van der Waals surface area contributed by atoms with Gasteiger partial charge in [-0.1, -0.05) is 40.9 Å². The number of halogens is 3. The summed E-state index contributed by atoms with van der Waals surface area (Å²) in [5, 5.41) is 0.885. The molecule has 0 aliphatic carbocycles. The second-order valence-electron chi connectivity index (χ2n) is 6.39. The SMILES string of the molecule is COc1cccc(C(=O)N2CCN(C(=O)COc3cc(Cl)c(Cl)cc3Cl)CC2)c1. The molecule has 9 heteroatoms. The van der Waals surface area contributed by atoms with E-state index < -0.39 is 0 Å². The zero-order valence-corrected chi connectivity index (χ0v) is 17.9. The number of ether oxygens (including phenoxy) is 2. The molecule has 0 saturated carbocycles. The quantitative estimate of drug-likeness (QED) is 0.636. The number of hydrogen-bond acceptors (Lipinski definition) is 4. The summed E-state index contributed by atoms with van der Waals surface area (Å²) >= 11 is 17.9. The van der Waals surface area contributed by atoms with Crippen LogP contribution in [0.4, 0.5) is 0 Å². The number of rotatable bonds is 5. The number of carbonyl (C=O) groups excluding carboxylic acids is 2. The summed E-state index contributed by atoms with van der Waals surface area (Å²) in [6.07, 6.45) is 0. The number of amides is 2. The van der Waals surface area contributed by atoms with Crippen molar-refractivity contribution in [1.29, 1.82) is 0 Å². The number of hydrogen-bond donors (Lipinski definition) is 0. The van der Waals surface area contributed by atoms with Crippen LogP contribution < -0.4 is 9.47 Å². The Kier molecular flexibility index (Phi) is 7.11. The van der Waals surface area contributed by atoms with Crippen molar-refractivity contribution in [3.05, 3.63) is 57.0 Å². The van der Waals surface area contributed by atoms with Crippen LogP contribution in [-0.4, -0.2) is 61.5 Å². The van der Waals surface area contributed by atoms with E-state index in [-0.39, 0.29) is 23.4 Å². The van der Waals surface area contributed by atoms with Crippen LogP contribution in [0.15, 0.2) is 36.4 Å². The van der Waals surface area contributed by atoms with Crippen LogP contribution in [0.5, 0.6) is 11.5 Å². The van der Waals surface area contributed by atoms with Gasteiger partial charge in [0, 0.05) is 37.8 Å². The van der Waals surface area contributed by atoms with Gasteiger partial charge in [-0.25, -0.2) is 0 Å². The number of benzene rings is 2. The summed E-state index contributed by atoms with van der Waals surface area (Å²) in [4.78, 5) is 28.5. The first-order valence-corrected chi connectivity index (χ1v) is 10.0. The topological polar surface area (TPSA) is 59.1 Å². The van der Waals surface area contributed by atoms with Gasteiger partial charge in [-0.2, -0.15) is 0 Å². The van der Waals surface area contributed by atoms with Gasteiger partial charge in [0.2, 0.25) is 0 Å². The second kappa shape index (κ2) is 9.57. The van der Waals surface area contributed by atoms with E-state index in [1.54, 1.807) is 41.2 Å². The first-order chi connectivity index (χ1) is 13.9. The standard InChI is InChI=1S/C20H19Cl3N2O4/c1-28-14-4-2-3-13(9-14)20(27)25-7-5-24(6-8-25)19(26)12-29-18-11-16(22)15(21)10-17(18)23/h2-4,9-11H,5-8,12H2,1H3. The van der Waals surface area contributed by atoms with Crippen molar-refractivity contribution in [2.24, 2.45) is 0 Å². The van der Waals surface area contributed by atoms with Gasteiger partial charge in [0.25, 0.3) is 11.8 Å². The summed E-state index contributed by atoms with van der Waals surface area (Å²) in [7, 11) is 1.56. The van der Waals surface area contributed by atoms with Crippen LogP contribution >= 0.6 is 34.8 Å². The molecule has 0 N–H and O–H groups in total. The van der Waals surface area contributed by atoms with Gasteiger partial charge in [0.05, 0.1) is 22.2 Å². The Hall–Kier alpha value is -2.15. The van der Waals surface area contributed by atoms with Gasteiger partial charge in [-0.15, -0.1) is 0 Å². The van der Waals surface area contributed by atoms with E-state index in [1.165, 1.54) is 12.1 Å². The molecule has 2 aromatic carbocycles. The summed E-state index contributed by atoms with van der Waals surface area (Å²) in [5.74, 6) is 0.638. The lowest BCUT2D eigenvalue weighted by Crippen LogP contribution is -2.51. The lowest BCUT2D eigenvalue weighted by Gasteiger charge is -2.34. The fourth-order valence-corrected chi connectivity index (χ4v) is 3.53. The highest BCUT2D eigenvalue weighted by Crippen LogP contribution is 2.33. The van der Waals surface area contributed by atoms with E-state index in [0.29, 0.717) is 53.3 Å². The molecule has 6 nitrogen and oxygen atoms in total. The number of carbonyl (C=O) groups is 2. The summed E-state index contributed by atoms with van der Waals surface area (Å²) in [5.41, 5.74) is 0.557. The van der Waals surface area contributed by atoms with Gasteiger partial charge < -0.3 is 19.3 Å². The maximum atomic E-state index is 12.7. The molecule has 0 radical (unpaired) electrons. The van der Waals surface area contributed by atoms with Gasteiger partial charge >= 0.3 is 0 Å². The highest BCUT2D eigenvalue weighted by molar-refractivity contribution is 6.43. The zero-order chi connectivity index (χ0) is 21.0. The predicted molar refractivity (Wildman–Crippen MR) is 112 cm³/mol. The van der Waals surface area contributed by atoms with E-state index in [4.69, 9.17) is 44.3 Å². The fraction of sp³-hybridized carbons (Fsp3) is 0.300. The lowest BCUT2D eigenvalue weighted by atomic mass is 10.1. The van der Waals surface area contributed by atoms with E-state index >= 15 is 0 Å². The first kappa shape index (κ1) is 21.6.